The summed E-state index contributed by atoms with van der Waals surface area (Å²) in [5.74, 6) is 0.997. The Labute approximate surface area is 172 Å². The summed E-state index contributed by atoms with van der Waals surface area (Å²) in [6.45, 7) is 5.07. The van der Waals surface area contributed by atoms with Crippen LogP contribution in [0.25, 0.3) is 0 Å². The summed E-state index contributed by atoms with van der Waals surface area (Å²) in [7, 11) is 0. The first kappa shape index (κ1) is 18.5. The summed E-state index contributed by atoms with van der Waals surface area (Å²) < 4.78 is 0. The highest BCUT2D eigenvalue weighted by Gasteiger charge is 2.40. The van der Waals surface area contributed by atoms with Crippen LogP contribution in [-0.4, -0.2) is 37.6 Å². The summed E-state index contributed by atoms with van der Waals surface area (Å²) in [4.78, 5) is 7.50. The predicted molar refractivity (Wildman–Crippen MR) is 120 cm³/mol. The van der Waals surface area contributed by atoms with Crippen LogP contribution in [0, 0.1) is 0 Å². The second kappa shape index (κ2) is 8.05. The molecule has 5 rings (SSSR count). The number of anilines is 2. The van der Waals surface area contributed by atoms with Gasteiger partial charge in [0.2, 0.25) is 0 Å². The molecular weight excluding hydrogens is 360 g/mol. The number of rotatable bonds is 4. The fourth-order valence-electron chi connectivity index (χ4n) is 4.73. The number of hydrazine groups is 1. The number of piperidine rings is 1. The average molecular weight is 391 g/mol. The van der Waals surface area contributed by atoms with Crippen LogP contribution in [0.5, 0.6) is 0 Å². The van der Waals surface area contributed by atoms with E-state index in [0.717, 1.165) is 62.8 Å². The number of hydrogen-bond donors (Lipinski definition) is 4. The molecular formula is C23H30N6. The maximum Gasteiger partial charge on any atom is 0.142 e. The number of fused-ring (bicyclic) bond motifs is 1. The van der Waals surface area contributed by atoms with Crippen molar-refractivity contribution >= 4 is 22.9 Å². The van der Waals surface area contributed by atoms with Crippen LogP contribution in [-0.2, 0) is 6.54 Å². The van der Waals surface area contributed by atoms with Gasteiger partial charge in [-0.05, 0) is 62.5 Å². The number of amidine groups is 1. The Kier molecular flexibility index (Phi) is 5.12. The van der Waals surface area contributed by atoms with Crippen molar-refractivity contribution in [3.05, 3.63) is 54.1 Å². The molecule has 152 valence electrons. The van der Waals surface area contributed by atoms with E-state index in [0.29, 0.717) is 0 Å². The molecule has 6 nitrogen and oxygen atoms in total. The third kappa shape index (κ3) is 3.70. The van der Waals surface area contributed by atoms with Crippen LogP contribution < -0.4 is 26.4 Å². The van der Waals surface area contributed by atoms with Gasteiger partial charge >= 0.3 is 0 Å². The van der Waals surface area contributed by atoms with Gasteiger partial charge in [0.1, 0.15) is 5.84 Å². The first-order chi connectivity index (χ1) is 14.3. The van der Waals surface area contributed by atoms with E-state index in [2.05, 4.69) is 68.8 Å². The minimum atomic E-state index is -0.138. The lowest BCUT2D eigenvalue weighted by Crippen LogP contribution is -2.60. The second-order valence-electron chi connectivity index (χ2n) is 8.24. The Morgan fingerprint density at radius 1 is 0.966 bits per heavy atom. The van der Waals surface area contributed by atoms with Crippen molar-refractivity contribution in [2.75, 3.05) is 36.4 Å². The van der Waals surface area contributed by atoms with E-state index in [9.17, 15) is 0 Å². The van der Waals surface area contributed by atoms with Gasteiger partial charge in [-0.1, -0.05) is 30.3 Å². The van der Waals surface area contributed by atoms with Gasteiger partial charge in [-0.25, -0.2) is 10.4 Å². The molecule has 3 aliphatic rings. The van der Waals surface area contributed by atoms with Gasteiger partial charge in [-0.15, -0.1) is 0 Å². The smallest absolute Gasteiger partial charge is 0.142 e. The zero-order valence-corrected chi connectivity index (χ0v) is 16.9. The van der Waals surface area contributed by atoms with E-state index >= 15 is 0 Å². The first-order valence-corrected chi connectivity index (χ1v) is 10.8. The van der Waals surface area contributed by atoms with E-state index in [1.165, 1.54) is 24.1 Å². The van der Waals surface area contributed by atoms with Gasteiger partial charge in [0, 0.05) is 25.3 Å². The van der Waals surface area contributed by atoms with Crippen molar-refractivity contribution in [3.8, 4) is 0 Å². The Morgan fingerprint density at radius 2 is 1.72 bits per heavy atom. The molecule has 1 spiro atoms. The lowest BCUT2D eigenvalue weighted by molar-refractivity contribution is 0.407. The van der Waals surface area contributed by atoms with Gasteiger partial charge in [0.05, 0.1) is 16.9 Å². The van der Waals surface area contributed by atoms with E-state index in [1.54, 1.807) is 0 Å². The standard InChI is InChI=1S/C23H30N6/c1-4-10-21(29-15-5-6-16-29)18(7-1)17-25-28-22-23(11-13-24-14-12-23)27-20-9-3-2-8-19(20)26-22/h1-4,7-10,24-25,27H,5-6,11-17H2,(H,26,28). The quantitative estimate of drug-likeness (QED) is 0.604. The van der Waals surface area contributed by atoms with Crippen molar-refractivity contribution in [2.24, 2.45) is 4.99 Å². The van der Waals surface area contributed by atoms with Gasteiger partial charge in [0.15, 0.2) is 0 Å². The molecule has 0 radical (unpaired) electrons. The molecule has 0 amide bonds. The van der Waals surface area contributed by atoms with Crippen LogP contribution in [0.2, 0.25) is 0 Å². The van der Waals surface area contributed by atoms with Crippen molar-refractivity contribution in [3.63, 3.8) is 0 Å². The van der Waals surface area contributed by atoms with Crippen molar-refractivity contribution in [1.29, 1.82) is 0 Å². The molecule has 3 heterocycles. The lowest BCUT2D eigenvalue weighted by Gasteiger charge is -2.42. The predicted octanol–water partition coefficient (Wildman–Crippen LogP) is 3.16. The SMILES string of the molecule is c1ccc(N2CCCC2)c(CNNC2=Nc3ccccc3NC23CCNCC3)c1. The summed E-state index contributed by atoms with van der Waals surface area (Å²) >= 11 is 0. The molecule has 6 heteroatoms. The van der Waals surface area contributed by atoms with E-state index in [-0.39, 0.29) is 5.54 Å². The third-order valence-electron chi connectivity index (χ3n) is 6.34. The molecule has 3 aliphatic heterocycles. The summed E-state index contributed by atoms with van der Waals surface area (Å²) in [5, 5.41) is 7.26. The molecule has 0 saturated carbocycles. The Balaban J connectivity index is 1.33. The molecule has 0 atom stereocenters. The molecule has 29 heavy (non-hydrogen) atoms. The van der Waals surface area contributed by atoms with Crippen molar-refractivity contribution in [2.45, 2.75) is 37.8 Å². The van der Waals surface area contributed by atoms with Gasteiger partial charge in [-0.2, -0.15) is 0 Å². The molecule has 2 saturated heterocycles. The summed E-state index contributed by atoms with van der Waals surface area (Å²) in [5.41, 5.74) is 11.6. The molecule has 2 fully saturated rings. The molecule has 0 bridgehead atoms. The first-order valence-electron chi connectivity index (χ1n) is 10.8. The minimum absolute atomic E-state index is 0.138. The number of aliphatic imine (C=N–C) groups is 1. The van der Waals surface area contributed by atoms with E-state index in [4.69, 9.17) is 4.99 Å². The Bertz CT molecular complexity index is 880. The third-order valence-corrected chi connectivity index (χ3v) is 6.34. The van der Waals surface area contributed by atoms with E-state index in [1.807, 2.05) is 6.07 Å². The van der Waals surface area contributed by atoms with Gasteiger partial charge in [0.25, 0.3) is 0 Å². The van der Waals surface area contributed by atoms with Crippen LogP contribution in [0.1, 0.15) is 31.2 Å². The topological polar surface area (TPSA) is 63.7 Å². The largest absolute Gasteiger partial charge is 0.371 e. The summed E-state index contributed by atoms with van der Waals surface area (Å²) in [6.07, 6.45) is 4.61. The van der Waals surface area contributed by atoms with E-state index < -0.39 is 0 Å². The van der Waals surface area contributed by atoms with Crippen molar-refractivity contribution < 1.29 is 0 Å². The van der Waals surface area contributed by atoms with Crippen LogP contribution in [0.4, 0.5) is 17.1 Å². The number of hydrogen-bond acceptors (Lipinski definition) is 6. The highest BCUT2D eigenvalue weighted by atomic mass is 15.4. The number of nitrogens with one attached hydrogen (secondary N) is 4. The molecule has 2 aromatic rings. The maximum absolute atomic E-state index is 5.00. The maximum atomic E-state index is 5.00. The molecule has 0 unspecified atom stereocenters. The highest BCUT2D eigenvalue weighted by Crippen LogP contribution is 2.36. The van der Waals surface area contributed by atoms with Crippen LogP contribution in [0.15, 0.2) is 53.5 Å². The van der Waals surface area contributed by atoms with Gasteiger partial charge < -0.3 is 21.0 Å². The molecule has 4 N–H and O–H groups in total. The Hall–Kier alpha value is -2.57. The van der Waals surface area contributed by atoms with Crippen LogP contribution in [0.3, 0.4) is 0 Å². The number of nitrogens with zero attached hydrogens (tertiary/aromatic N) is 2. The fourth-order valence-corrected chi connectivity index (χ4v) is 4.73. The van der Waals surface area contributed by atoms with Crippen LogP contribution >= 0.6 is 0 Å². The number of para-hydroxylation sites is 3. The Morgan fingerprint density at radius 3 is 2.59 bits per heavy atom. The zero-order valence-electron chi connectivity index (χ0n) is 16.9. The normalized spacial score (nSPS) is 20.1. The second-order valence-corrected chi connectivity index (χ2v) is 8.24. The van der Waals surface area contributed by atoms with Gasteiger partial charge in [-0.3, -0.25) is 0 Å². The zero-order chi connectivity index (χ0) is 19.5. The monoisotopic (exact) mass is 390 g/mol. The average Bonchev–Trinajstić information content (AvgIpc) is 3.30. The molecule has 0 aliphatic carbocycles. The lowest BCUT2D eigenvalue weighted by atomic mass is 9.85. The summed E-state index contributed by atoms with van der Waals surface area (Å²) in [6, 6.07) is 17.0. The minimum Gasteiger partial charge on any atom is -0.371 e. The molecule has 2 aromatic carbocycles. The molecule has 0 aromatic heterocycles. The fraction of sp³-hybridized carbons (Fsp3) is 0.435. The number of benzene rings is 2. The van der Waals surface area contributed by atoms with Crippen molar-refractivity contribution in [1.82, 2.24) is 16.2 Å². The highest BCUT2D eigenvalue weighted by molar-refractivity contribution is 6.00.